The maximum atomic E-state index is 11.6. The van der Waals surface area contributed by atoms with E-state index in [1.54, 1.807) is 7.05 Å². The van der Waals surface area contributed by atoms with Crippen LogP contribution in [-0.2, 0) is 22.9 Å². The Kier molecular flexibility index (Phi) is 9.22. The van der Waals surface area contributed by atoms with E-state index in [0.29, 0.717) is 25.5 Å². The van der Waals surface area contributed by atoms with E-state index in [9.17, 15) is 8.42 Å². The molecular weight excluding hydrogens is 501 g/mol. The van der Waals surface area contributed by atoms with Crippen LogP contribution in [0, 0.1) is 0 Å². The summed E-state index contributed by atoms with van der Waals surface area (Å²) in [5.41, 5.74) is 2.34. The number of guanidine groups is 1. The van der Waals surface area contributed by atoms with Gasteiger partial charge in [-0.1, -0.05) is 42.5 Å². The number of rotatable bonds is 7. The second-order valence-electron chi connectivity index (χ2n) is 6.91. The molecule has 3 rings (SSSR count). The van der Waals surface area contributed by atoms with Crippen molar-refractivity contribution in [2.24, 2.45) is 4.99 Å². The Bertz CT molecular complexity index is 887. The van der Waals surface area contributed by atoms with Crippen LogP contribution in [0.5, 0.6) is 5.75 Å². The van der Waals surface area contributed by atoms with Crippen LogP contribution in [0.1, 0.15) is 17.5 Å². The maximum Gasteiger partial charge on any atom is 0.191 e. The van der Waals surface area contributed by atoms with E-state index in [0.717, 1.165) is 17.7 Å². The van der Waals surface area contributed by atoms with Crippen LogP contribution in [0.4, 0.5) is 0 Å². The van der Waals surface area contributed by atoms with Gasteiger partial charge in [0.25, 0.3) is 0 Å². The lowest BCUT2D eigenvalue weighted by molar-refractivity contribution is 0.306. The fourth-order valence-electron chi connectivity index (χ4n) is 3.12. The Morgan fingerprint density at radius 3 is 2.45 bits per heavy atom. The lowest BCUT2D eigenvalue weighted by Gasteiger charge is -2.16. The number of hydrogen-bond donors (Lipinski definition) is 2. The molecule has 29 heavy (non-hydrogen) atoms. The van der Waals surface area contributed by atoms with Crippen molar-refractivity contribution in [2.45, 2.75) is 25.5 Å². The predicted molar refractivity (Wildman–Crippen MR) is 128 cm³/mol. The number of nitrogens with zero attached hydrogens (tertiary/aromatic N) is 1. The standard InChI is InChI=1S/C21H27N3O3S.HI/c1-22-21(24-19-12-14-28(25,26)16-19)23-13-11-17-7-9-20(10-8-17)27-15-18-5-3-2-4-6-18;/h2-10,19H,11-16H2,1H3,(H2,22,23,24);1H. The first-order valence-corrected chi connectivity index (χ1v) is 11.3. The lowest BCUT2D eigenvalue weighted by Crippen LogP contribution is -2.44. The molecule has 0 spiro atoms. The number of nitrogens with one attached hydrogen (secondary N) is 2. The topological polar surface area (TPSA) is 79.8 Å². The molecule has 0 aromatic heterocycles. The van der Waals surface area contributed by atoms with E-state index in [2.05, 4.69) is 27.8 Å². The summed E-state index contributed by atoms with van der Waals surface area (Å²) in [6, 6.07) is 18.1. The van der Waals surface area contributed by atoms with Crippen LogP contribution >= 0.6 is 24.0 Å². The van der Waals surface area contributed by atoms with Crippen LogP contribution < -0.4 is 15.4 Å². The van der Waals surface area contributed by atoms with Gasteiger partial charge in [0.05, 0.1) is 11.5 Å². The van der Waals surface area contributed by atoms with Crippen LogP contribution in [0.3, 0.4) is 0 Å². The van der Waals surface area contributed by atoms with Gasteiger partial charge in [-0.05, 0) is 36.1 Å². The van der Waals surface area contributed by atoms with Crippen LogP contribution in [0.25, 0.3) is 0 Å². The van der Waals surface area contributed by atoms with Gasteiger partial charge in [0.2, 0.25) is 0 Å². The highest BCUT2D eigenvalue weighted by Gasteiger charge is 2.28. The highest BCUT2D eigenvalue weighted by molar-refractivity contribution is 14.0. The Balaban J connectivity index is 0.00000300. The summed E-state index contributed by atoms with van der Waals surface area (Å²) >= 11 is 0. The molecule has 0 bridgehead atoms. The van der Waals surface area contributed by atoms with Crippen LogP contribution in [0.2, 0.25) is 0 Å². The van der Waals surface area contributed by atoms with Gasteiger partial charge in [-0.3, -0.25) is 4.99 Å². The number of halogens is 1. The summed E-state index contributed by atoms with van der Waals surface area (Å²) in [5, 5.41) is 6.43. The number of sulfone groups is 1. The summed E-state index contributed by atoms with van der Waals surface area (Å²) in [4.78, 5) is 4.18. The Morgan fingerprint density at radius 2 is 1.83 bits per heavy atom. The molecule has 2 aromatic carbocycles. The smallest absolute Gasteiger partial charge is 0.191 e. The van der Waals surface area contributed by atoms with Crippen molar-refractivity contribution in [1.29, 1.82) is 0 Å². The predicted octanol–water partition coefficient (Wildman–Crippen LogP) is 2.78. The molecule has 0 radical (unpaired) electrons. The molecular formula is C21H28IN3O3S. The SMILES string of the molecule is CN=C(NCCc1ccc(OCc2ccccc2)cc1)NC1CCS(=O)(=O)C1.I. The normalized spacial score (nSPS) is 18.0. The first-order chi connectivity index (χ1) is 13.5. The van der Waals surface area contributed by atoms with Gasteiger partial charge in [-0.15, -0.1) is 24.0 Å². The van der Waals surface area contributed by atoms with Gasteiger partial charge in [-0.2, -0.15) is 0 Å². The Hall–Kier alpha value is -1.81. The minimum absolute atomic E-state index is 0. The summed E-state index contributed by atoms with van der Waals surface area (Å²) in [7, 11) is -1.20. The lowest BCUT2D eigenvalue weighted by atomic mass is 10.1. The molecule has 1 atom stereocenters. The summed E-state index contributed by atoms with van der Waals surface area (Å²) in [6.07, 6.45) is 1.47. The zero-order valence-corrected chi connectivity index (χ0v) is 19.7. The molecule has 1 fully saturated rings. The largest absolute Gasteiger partial charge is 0.489 e. The van der Waals surface area contributed by atoms with Crippen molar-refractivity contribution in [3.8, 4) is 5.75 Å². The molecule has 1 aliphatic rings. The van der Waals surface area contributed by atoms with E-state index in [-0.39, 0.29) is 41.5 Å². The summed E-state index contributed by atoms with van der Waals surface area (Å²) in [5.74, 6) is 1.92. The number of benzene rings is 2. The van der Waals surface area contributed by atoms with Crippen LogP contribution in [-0.4, -0.2) is 45.5 Å². The first kappa shape index (κ1) is 23.5. The van der Waals surface area contributed by atoms with Crippen molar-refractivity contribution in [2.75, 3.05) is 25.1 Å². The van der Waals surface area contributed by atoms with Gasteiger partial charge < -0.3 is 15.4 Å². The van der Waals surface area contributed by atoms with Crippen molar-refractivity contribution in [3.05, 3.63) is 65.7 Å². The second-order valence-corrected chi connectivity index (χ2v) is 9.14. The third-order valence-corrected chi connectivity index (χ3v) is 6.44. The van der Waals surface area contributed by atoms with Gasteiger partial charge in [0, 0.05) is 19.6 Å². The number of ether oxygens (including phenoxy) is 1. The third-order valence-electron chi connectivity index (χ3n) is 4.67. The number of aliphatic imine (C=N–C) groups is 1. The zero-order valence-electron chi connectivity index (χ0n) is 16.5. The first-order valence-electron chi connectivity index (χ1n) is 9.47. The highest BCUT2D eigenvalue weighted by atomic mass is 127. The molecule has 158 valence electrons. The van der Waals surface area contributed by atoms with Gasteiger partial charge in [0.15, 0.2) is 15.8 Å². The quantitative estimate of drug-likeness (QED) is 0.328. The molecule has 2 N–H and O–H groups in total. The maximum absolute atomic E-state index is 11.6. The minimum Gasteiger partial charge on any atom is -0.489 e. The van der Waals surface area contributed by atoms with Gasteiger partial charge in [0.1, 0.15) is 12.4 Å². The fourth-order valence-corrected chi connectivity index (χ4v) is 4.79. The van der Waals surface area contributed by atoms with E-state index in [1.165, 1.54) is 5.56 Å². The Labute approximate surface area is 190 Å². The molecule has 8 heteroatoms. The third kappa shape index (κ3) is 7.85. The van der Waals surface area contributed by atoms with Crippen LogP contribution in [0.15, 0.2) is 59.6 Å². The molecule has 1 aliphatic heterocycles. The fraction of sp³-hybridized carbons (Fsp3) is 0.381. The average Bonchev–Trinajstić information content (AvgIpc) is 3.05. The monoisotopic (exact) mass is 529 g/mol. The molecule has 0 amide bonds. The molecule has 1 heterocycles. The van der Waals surface area contributed by atoms with E-state index >= 15 is 0 Å². The van der Waals surface area contributed by atoms with Crippen molar-refractivity contribution >= 4 is 39.8 Å². The molecule has 1 saturated heterocycles. The number of hydrogen-bond acceptors (Lipinski definition) is 4. The molecule has 0 aliphatic carbocycles. The van der Waals surface area contributed by atoms with Gasteiger partial charge >= 0.3 is 0 Å². The minimum atomic E-state index is -2.90. The molecule has 0 saturated carbocycles. The molecule has 6 nitrogen and oxygen atoms in total. The zero-order chi connectivity index (χ0) is 19.8. The molecule has 2 aromatic rings. The highest BCUT2D eigenvalue weighted by Crippen LogP contribution is 2.14. The summed E-state index contributed by atoms with van der Waals surface area (Å²) in [6.45, 7) is 1.27. The van der Waals surface area contributed by atoms with Crippen molar-refractivity contribution in [3.63, 3.8) is 0 Å². The summed E-state index contributed by atoms with van der Waals surface area (Å²) < 4.78 is 28.9. The second kappa shape index (κ2) is 11.4. The van der Waals surface area contributed by atoms with Crippen molar-refractivity contribution < 1.29 is 13.2 Å². The van der Waals surface area contributed by atoms with Crippen molar-refractivity contribution in [1.82, 2.24) is 10.6 Å². The Morgan fingerprint density at radius 1 is 1.10 bits per heavy atom. The average molecular weight is 529 g/mol. The van der Waals surface area contributed by atoms with E-state index < -0.39 is 9.84 Å². The van der Waals surface area contributed by atoms with Gasteiger partial charge in [-0.25, -0.2) is 8.42 Å². The molecule has 1 unspecified atom stereocenters. The van der Waals surface area contributed by atoms with E-state index in [4.69, 9.17) is 4.74 Å². The van der Waals surface area contributed by atoms with E-state index in [1.807, 2.05) is 42.5 Å².